The van der Waals surface area contributed by atoms with Gasteiger partial charge in [0.1, 0.15) is 5.75 Å². The standard InChI is InChI=1S/C14H18BrClN2O2/c1-17-11-4-6-18(7-5-11)14(19)9-20-13-3-2-10(15)8-12(13)16/h2-3,8,11,17H,4-7,9H2,1H3. The van der Waals surface area contributed by atoms with Crippen molar-refractivity contribution < 1.29 is 9.53 Å². The average molecular weight is 362 g/mol. The van der Waals surface area contributed by atoms with Crippen molar-refractivity contribution in [1.82, 2.24) is 10.2 Å². The Morgan fingerprint density at radius 2 is 2.20 bits per heavy atom. The zero-order chi connectivity index (χ0) is 14.5. The van der Waals surface area contributed by atoms with Gasteiger partial charge in [0.25, 0.3) is 5.91 Å². The second-order valence-electron chi connectivity index (χ2n) is 4.81. The van der Waals surface area contributed by atoms with Gasteiger partial charge >= 0.3 is 0 Å². The Hall–Kier alpha value is -0.780. The minimum absolute atomic E-state index is 0.0125. The van der Waals surface area contributed by atoms with E-state index in [1.165, 1.54) is 0 Å². The van der Waals surface area contributed by atoms with E-state index >= 15 is 0 Å². The third-order valence-corrected chi connectivity index (χ3v) is 4.29. The van der Waals surface area contributed by atoms with Crippen LogP contribution in [-0.4, -0.2) is 43.6 Å². The first-order chi connectivity index (χ1) is 9.60. The summed E-state index contributed by atoms with van der Waals surface area (Å²) in [5.41, 5.74) is 0. The Kier molecular flexibility index (Phi) is 5.69. The summed E-state index contributed by atoms with van der Waals surface area (Å²) < 4.78 is 6.38. The maximum Gasteiger partial charge on any atom is 0.260 e. The van der Waals surface area contributed by atoms with Crippen molar-refractivity contribution in [3.05, 3.63) is 27.7 Å². The van der Waals surface area contributed by atoms with Crippen molar-refractivity contribution >= 4 is 33.4 Å². The molecule has 1 N–H and O–H groups in total. The summed E-state index contributed by atoms with van der Waals surface area (Å²) in [5, 5.41) is 3.74. The van der Waals surface area contributed by atoms with Gasteiger partial charge < -0.3 is 15.0 Å². The van der Waals surface area contributed by atoms with E-state index < -0.39 is 0 Å². The molecule has 1 aliphatic heterocycles. The first kappa shape index (κ1) is 15.6. The lowest BCUT2D eigenvalue weighted by atomic mass is 10.1. The number of carbonyl (C=O) groups is 1. The molecule has 0 unspecified atom stereocenters. The van der Waals surface area contributed by atoms with Crippen molar-refractivity contribution in [2.24, 2.45) is 0 Å². The van der Waals surface area contributed by atoms with Gasteiger partial charge in [-0.2, -0.15) is 0 Å². The number of hydrogen-bond acceptors (Lipinski definition) is 3. The molecule has 1 heterocycles. The van der Waals surface area contributed by atoms with Crippen molar-refractivity contribution in [3.63, 3.8) is 0 Å². The fourth-order valence-corrected chi connectivity index (χ4v) is 2.97. The molecule has 1 amide bonds. The van der Waals surface area contributed by atoms with E-state index in [9.17, 15) is 4.79 Å². The van der Waals surface area contributed by atoms with E-state index in [2.05, 4.69) is 21.2 Å². The Bertz CT molecular complexity index is 476. The molecule has 0 saturated carbocycles. The maximum absolute atomic E-state index is 12.1. The molecule has 0 spiro atoms. The Morgan fingerprint density at radius 1 is 1.50 bits per heavy atom. The van der Waals surface area contributed by atoms with Crippen LogP contribution in [0.5, 0.6) is 5.75 Å². The molecule has 110 valence electrons. The highest BCUT2D eigenvalue weighted by Crippen LogP contribution is 2.27. The number of nitrogens with one attached hydrogen (secondary N) is 1. The van der Waals surface area contributed by atoms with E-state index in [4.69, 9.17) is 16.3 Å². The average Bonchev–Trinajstić information content (AvgIpc) is 2.46. The minimum atomic E-state index is 0.0125. The van der Waals surface area contributed by atoms with Gasteiger partial charge in [-0.15, -0.1) is 0 Å². The van der Waals surface area contributed by atoms with E-state index in [1.54, 1.807) is 12.1 Å². The van der Waals surface area contributed by atoms with Crippen molar-refractivity contribution in [2.75, 3.05) is 26.7 Å². The second-order valence-corrected chi connectivity index (χ2v) is 6.13. The van der Waals surface area contributed by atoms with Gasteiger partial charge in [-0.1, -0.05) is 27.5 Å². The largest absolute Gasteiger partial charge is 0.482 e. The molecule has 6 heteroatoms. The predicted molar refractivity (Wildman–Crippen MR) is 83.3 cm³/mol. The molecule has 1 fully saturated rings. The molecular formula is C14H18BrClN2O2. The summed E-state index contributed by atoms with van der Waals surface area (Å²) in [7, 11) is 1.96. The molecule has 1 aromatic carbocycles. The number of likely N-dealkylation sites (tertiary alicyclic amines) is 1. The van der Waals surface area contributed by atoms with Crippen molar-refractivity contribution in [3.8, 4) is 5.75 Å². The first-order valence-electron chi connectivity index (χ1n) is 6.63. The number of nitrogens with zero attached hydrogens (tertiary/aromatic N) is 1. The van der Waals surface area contributed by atoms with Gasteiger partial charge in [0, 0.05) is 23.6 Å². The molecule has 0 aromatic heterocycles. The molecule has 0 bridgehead atoms. The summed E-state index contributed by atoms with van der Waals surface area (Å²) in [4.78, 5) is 13.9. The first-order valence-corrected chi connectivity index (χ1v) is 7.80. The number of amides is 1. The Balaban J connectivity index is 1.83. The number of benzene rings is 1. The summed E-state index contributed by atoms with van der Waals surface area (Å²) in [5.74, 6) is 0.548. The van der Waals surface area contributed by atoms with Gasteiger partial charge in [-0.05, 0) is 38.1 Å². The monoisotopic (exact) mass is 360 g/mol. The van der Waals surface area contributed by atoms with Crippen LogP contribution in [0.3, 0.4) is 0 Å². The van der Waals surface area contributed by atoms with Crippen LogP contribution < -0.4 is 10.1 Å². The molecule has 1 saturated heterocycles. The smallest absolute Gasteiger partial charge is 0.260 e. The van der Waals surface area contributed by atoms with Crippen LogP contribution in [-0.2, 0) is 4.79 Å². The van der Waals surface area contributed by atoms with Crippen LogP contribution in [0.25, 0.3) is 0 Å². The number of halogens is 2. The summed E-state index contributed by atoms with van der Waals surface area (Å²) in [6.45, 7) is 1.59. The molecule has 1 aromatic rings. The molecule has 20 heavy (non-hydrogen) atoms. The van der Waals surface area contributed by atoms with Crippen molar-refractivity contribution in [1.29, 1.82) is 0 Å². The number of piperidine rings is 1. The van der Waals surface area contributed by atoms with Gasteiger partial charge in [-0.25, -0.2) is 0 Å². The third-order valence-electron chi connectivity index (χ3n) is 3.50. The van der Waals surface area contributed by atoms with Gasteiger partial charge in [0.2, 0.25) is 0 Å². The second kappa shape index (κ2) is 7.29. The maximum atomic E-state index is 12.1. The summed E-state index contributed by atoms with van der Waals surface area (Å²) in [6.07, 6.45) is 1.97. The molecule has 4 nitrogen and oxygen atoms in total. The van der Waals surface area contributed by atoms with E-state index in [-0.39, 0.29) is 12.5 Å². The fraction of sp³-hybridized carbons (Fsp3) is 0.500. The molecule has 0 atom stereocenters. The Morgan fingerprint density at radius 3 is 2.80 bits per heavy atom. The number of rotatable bonds is 4. The quantitative estimate of drug-likeness (QED) is 0.896. The predicted octanol–water partition coefficient (Wildman–Crippen LogP) is 2.69. The van der Waals surface area contributed by atoms with Gasteiger partial charge in [0.05, 0.1) is 5.02 Å². The van der Waals surface area contributed by atoms with E-state index in [0.717, 1.165) is 30.4 Å². The molecular weight excluding hydrogens is 344 g/mol. The summed E-state index contributed by atoms with van der Waals surface area (Å²) in [6, 6.07) is 5.86. The Labute approximate surface area is 132 Å². The zero-order valence-electron chi connectivity index (χ0n) is 11.4. The van der Waals surface area contributed by atoms with Crippen LogP contribution in [0.15, 0.2) is 22.7 Å². The SMILES string of the molecule is CNC1CCN(C(=O)COc2ccc(Br)cc2Cl)CC1. The summed E-state index contributed by atoms with van der Waals surface area (Å²) >= 11 is 9.38. The van der Waals surface area contributed by atoms with Crippen LogP contribution in [0.1, 0.15) is 12.8 Å². The zero-order valence-corrected chi connectivity index (χ0v) is 13.7. The molecule has 0 aliphatic carbocycles. The lowest BCUT2D eigenvalue weighted by molar-refractivity contribution is -0.134. The third kappa shape index (κ3) is 4.11. The van der Waals surface area contributed by atoms with Crippen LogP contribution >= 0.6 is 27.5 Å². The van der Waals surface area contributed by atoms with Gasteiger partial charge in [0.15, 0.2) is 6.61 Å². The number of ether oxygens (including phenoxy) is 1. The highest BCUT2D eigenvalue weighted by molar-refractivity contribution is 9.10. The molecule has 0 radical (unpaired) electrons. The topological polar surface area (TPSA) is 41.6 Å². The van der Waals surface area contributed by atoms with Crippen LogP contribution in [0.2, 0.25) is 5.02 Å². The van der Waals surface area contributed by atoms with Crippen LogP contribution in [0.4, 0.5) is 0 Å². The normalized spacial score (nSPS) is 16.2. The van der Waals surface area contributed by atoms with Crippen molar-refractivity contribution in [2.45, 2.75) is 18.9 Å². The molecule has 1 aliphatic rings. The minimum Gasteiger partial charge on any atom is -0.482 e. The lowest BCUT2D eigenvalue weighted by Gasteiger charge is -2.31. The highest BCUT2D eigenvalue weighted by Gasteiger charge is 2.22. The molecule has 2 rings (SSSR count). The van der Waals surface area contributed by atoms with Crippen LogP contribution in [0, 0.1) is 0 Å². The number of hydrogen-bond donors (Lipinski definition) is 1. The van der Waals surface area contributed by atoms with E-state index in [0.29, 0.717) is 16.8 Å². The highest BCUT2D eigenvalue weighted by atomic mass is 79.9. The van der Waals surface area contributed by atoms with E-state index in [1.807, 2.05) is 18.0 Å². The number of carbonyl (C=O) groups excluding carboxylic acids is 1. The van der Waals surface area contributed by atoms with Gasteiger partial charge in [-0.3, -0.25) is 4.79 Å². The lowest BCUT2D eigenvalue weighted by Crippen LogP contribution is -2.45. The fourth-order valence-electron chi connectivity index (χ4n) is 2.24.